The van der Waals surface area contributed by atoms with Gasteiger partial charge in [0.05, 0.1) is 11.1 Å². The van der Waals surface area contributed by atoms with Gasteiger partial charge in [-0.25, -0.2) is 0 Å². The average Bonchev–Trinajstić information content (AvgIpc) is 3.91. The number of anilines is 3. The van der Waals surface area contributed by atoms with E-state index >= 15 is 0 Å². The molecule has 0 bridgehead atoms. The molecule has 12 rings (SSSR count). The molecule has 10 aromatic rings. The maximum Gasteiger partial charge on any atom is 0.0713 e. The lowest BCUT2D eigenvalue weighted by atomic mass is 9.68. The molecule has 1 nitrogen and oxygen atoms in total. The molecule has 2 heteroatoms. The molecule has 0 fully saturated rings. The third kappa shape index (κ3) is 4.92. The highest BCUT2D eigenvalue weighted by atomic mass is 32.1. The second-order valence-electron chi connectivity index (χ2n) is 16.8. The Labute approximate surface area is 355 Å². The lowest BCUT2D eigenvalue weighted by Crippen LogP contribution is -2.28. The Kier molecular flexibility index (Phi) is 7.73. The summed E-state index contributed by atoms with van der Waals surface area (Å²) < 4.78 is 2.61. The molecule has 0 amide bonds. The smallest absolute Gasteiger partial charge is 0.0713 e. The van der Waals surface area contributed by atoms with E-state index in [-0.39, 0.29) is 5.41 Å². The third-order valence-corrected chi connectivity index (χ3v) is 14.5. The van der Waals surface area contributed by atoms with Gasteiger partial charge in [0.2, 0.25) is 0 Å². The van der Waals surface area contributed by atoms with E-state index in [1.54, 1.807) is 0 Å². The average molecular weight is 784 g/mol. The minimum absolute atomic E-state index is 0.0982. The van der Waals surface area contributed by atoms with Crippen LogP contribution in [0.15, 0.2) is 212 Å². The fraction of sp³-hybridized carbons (Fsp3) is 0.0690. The molecule has 284 valence electrons. The van der Waals surface area contributed by atoms with E-state index in [1.807, 2.05) is 11.3 Å². The van der Waals surface area contributed by atoms with Gasteiger partial charge in [-0.2, -0.15) is 0 Å². The van der Waals surface area contributed by atoms with Crippen molar-refractivity contribution in [2.24, 2.45) is 0 Å². The molecule has 0 unspecified atom stereocenters. The quantitative estimate of drug-likeness (QED) is 0.162. The van der Waals surface area contributed by atoms with Crippen molar-refractivity contribution in [3.8, 4) is 33.4 Å². The van der Waals surface area contributed by atoms with E-state index in [0.717, 1.165) is 17.1 Å². The number of hydrogen-bond donors (Lipinski definition) is 0. The largest absolute Gasteiger partial charge is 0.310 e. The van der Waals surface area contributed by atoms with Crippen LogP contribution in [0.2, 0.25) is 0 Å². The Hall–Kier alpha value is -7.00. The summed E-state index contributed by atoms with van der Waals surface area (Å²) in [5.74, 6) is 0. The van der Waals surface area contributed by atoms with Gasteiger partial charge < -0.3 is 4.90 Å². The molecule has 0 spiro atoms. The van der Waals surface area contributed by atoms with Crippen molar-refractivity contribution in [2.45, 2.75) is 24.7 Å². The SMILES string of the molecule is CC1(C)c2ccccc2-c2c(-c3ccccc3N(c3ccc4c(c3)-c3ccccc3C4(c3ccccc3)c3ccccc3)c3ccc4sc5ccccc5c4c3)cccc21. The van der Waals surface area contributed by atoms with Crippen molar-refractivity contribution in [3.05, 3.63) is 246 Å². The zero-order chi connectivity index (χ0) is 40.0. The maximum absolute atomic E-state index is 2.51. The molecule has 1 aromatic heterocycles. The Morgan fingerprint density at radius 1 is 0.367 bits per heavy atom. The molecular weight excluding hydrogens is 743 g/mol. The summed E-state index contributed by atoms with van der Waals surface area (Å²) in [7, 11) is 0. The van der Waals surface area contributed by atoms with E-state index in [0.29, 0.717) is 0 Å². The molecule has 1 heterocycles. The van der Waals surface area contributed by atoms with Gasteiger partial charge in [-0.3, -0.25) is 0 Å². The molecule has 0 saturated carbocycles. The van der Waals surface area contributed by atoms with Crippen molar-refractivity contribution in [2.75, 3.05) is 4.90 Å². The highest BCUT2D eigenvalue weighted by Crippen LogP contribution is 2.58. The van der Waals surface area contributed by atoms with Crippen molar-refractivity contribution in [1.29, 1.82) is 0 Å². The van der Waals surface area contributed by atoms with Crippen LogP contribution >= 0.6 is 11.3 Å². The molecule has 0 atom stereocenters. The van der Waals surface area contributed by atoms with Gasteiger partial charge in [0.25, 0.3) is 0 Å². The van der Waals surface area contributed by atoms with Crippen LogP contribution in [0.5, 0.6) is 0 Å². The van der Waals surface area contributed by atoms with Gasteiger partial charge in [-0.1, -0.05) is 184 Å². The minimum atomic E-state index is -0.463. The molecule has 0 aliphatic heterocycles. The predicted molar refractivity (Wildman–Crippen MR) is 254 cm³/mol. The summed E-state index contributed by atoms with van der Waals surface area (Å²) in [6.45, 7) is 4.74. The fourth-order valence-electron chi connectivity index (χ4n) is 10.7. The number of thiophene rings is 1. The van der Waals surface area contributed by atoms with E-state index in [9.17, 15) is 0 Å². The molecular formula is C58H41NS. The number of rotatable bonds is 6. The Bertz CT molecular complexity index is 3260. The summed E-state index contributed by atoms with van der Waals surface area (Å²) in [4.78, 5) is 2.51. The lowest BCUT2D eigenvalue weighted by molar-refractivity contribution is 0.660. The summed E-state index contributed by atoms with van der Waals surface area (Å²) in [6, 6.07) is 79.3. The van der Waals surface area contributed by atoms with E-state index in [2.05, 4.69) is 231 Å². The molecule has 0 saturated heterocycles. The molecule has 0 N–H and O–H groups in total. The van der Waals surface area contributed by atoms with Crippen LogP contribution in [0.25, 0.3) is 53.6 Å². The summed E-state index contributed by atoms with van der Waals surface area (Å²) in [6.07, 6.45) is 0. The Morgan fingerprint density at radius 2 is 0.917 bits per heavy atom. The Morgan fingerprint density at radius 3 is 1.70 bits per heavy atom. The second kappa shape index (κ2) is 13.3. The van der Waals surface area contributed by atoms with E-state index in [4.69, 9.17) is 0 Å². The fourth-order valence-corrected chi connectivity index (χ4v) is 11.8. The monoisotopic (exact) mass is 783 g/mol. The standard InChI is InChI=1S/C58H41NS/c1-57(2)49-27-13-10-25-46(49)56-45(26-17-29-52(56)57)43-23-11-15-30-53(43)59(41-33-35-55-48(37-41)44-24-12-16-31-54(44)60-55)40-32-34-51-47(36-40)42-22-9-14-28-50(42)58(51,38-18-5-3-6-19-38)39-20-7-4-8-21-39/h3-37H,1-2H3. The highest BCUT2D eigenvalue weighted by molar-refractivity contribution is 7.25. The summed E-state index contributed by atoms with van der Waals surface area (Å²) in [5, 5.41) is 2.58. The van der Waals surface area contributed by atoms with Crippen molar-refractivity contribution in [3.63, 3.8) is 0 Å². The highest BCUT2D eigenvalue weighted by Gasteiger charge is 2.46. The van der Waals surface area contributed by atoms with Gasteiger partial charge in [-0.05, 0) is 104 Å². The van der Waals surface area contributed by atoms with Gasteiger partial charge in [0, 0.05) is 42.5 Å². The number of para-hydroxylation sites is 1. The second-order valence-corrected chi connectivity index (χ2v) is 17.9. The summed E-state index contributed by atoms with van der Waals surface area (Å²) in [5.41, 5.74) is 18.4. The molecule has 0 radical (unpaired) electrons. The first-order valence-electron chi connectivity index (χ1n) is 20.9. The molecule has 60 heavy (non-hydrogen) atoms. The van der Waals surface area contributed by atoms with E-state index < -0.39 is 5.41 Å². The van der Waals surface area contributed by atoms with Crippen LogP contribution < -0.4 is 4.90 Å². The topological polar surface area (TPSA) is 3.24 Å². The summed E-state index contributed by atoms with van der Waals surface area (Å²) >= 11 is 1.87. The molecule has 9 aromatic carbocycles. The van der Waals surface area contributed by atoms with Crippen LogP contribution in [-0.4, -0.2) is 0 Å². The van der Waals surface area contributed by atoms with Gasteiger partial charge in [0.1, 0.15) is 0 Å². The zero-order valence-electron chi connectivity index (χ0n) is 33.6. The van der Waals surface area contributed by atoms with Crippen molar-refractivity contribution in [1.82, 2.24) is 0 Å². The lowest BCUT2D eigenvalue weighted by Gasteiger charge is -2.34. The van der Waals surface area contributed by atoms with Gasteiger partial charge in [0.15, 0.2) is 0 Å². The zero-order valence-corrected chi connectivity index (χ0v) is 34.4. The van der Waals surface area contributed by atoms with Crippen LogP contribution in [-0.2, 0) is 10.8 Å². The first-order valence-corrected chi connectivity index (χ1v) is 21.7. The molecule has 2 aliphatic rings. The first kappa shape index (κ1) is 35.0. The van der Waals surface area contributed by atoms with E-state index in [1.165, 1.54) is 86.9 Å². The first-order chi connectivity index (χ1) is 29.5. The number of fused-ring (bicyclic) bond motifs is 9. The Balaban J connectivity index is 1.14. The number of benzene rings is 9. The normalized spacial score (nSPS) is 14.1. The van der Waals surface area contributed by atoms with Gasteiger partial charge >= 0.3 is 0 Å². The van der Waals surface area contributed by atoms with Crippen molar-refractivity contribution >= 4 is 48.6 Å². The van der Waals surface area contributed by atoms with Crippen LogP contribution in [0.1, 0.15) is 47.2 Å². The van der Waals surface area contributed by atoms with Gasteiger partial charge in [-0.15, -0.1) is 11.3 Å². The van der Waals surface area contributed by atoms with Crippen molar-refractivity contribution < 1.29 is 0 Å². The number of nitrogens with zero attached hydrogens (tertiary/aromatic N) is 1. The molecule has 2 aliphatic carbocycles. The number of hydrogen-bond acceptors (Lipinski definition) is 2. The van der Waals surface area contributed by atoms with Crippen LogP contribution in [0, 0.1) is 0 Å². The minimum Gasteiger partial charge on any atom is -0.310 e. The van der Waals surface area contributed by atoms with Crippen LogP contribution in [0.4, 0.5) is 17.1 Å². The predicted octanol–water partition coefficient (Wildman–Crippen LogP) is 15.9. The maximum atomic E-state index is 2.51. The third-order valence-electron chi connectivity index (χ3n) is 13.4. The van der Waals surface area contributed by atoms with Crippen LogP contribution in [0.3, 0.4) is 0 Å².